The Kier molecular flexibility index (Phi) is 6.41. The predicted octanol–water partition coefficient (Wildman–Crippen LogP) is 2.39. The van der Waals surface area contributed by atoms with E-state index in [0.717, 1.165) is 5.56 Å². The Bertz CT molecular complexity index is 878. The monoisotopic (exact) mass is 378 g/mol. The topological polar surface area (TPSA) is 86.6 Å². The smallest absolute Gasteiger partial charge is 0.326 e. The molecule has 7 nitrogen and oxygen atoms in total. The van der Waals surface area contributed by atoms with E-state index in [1.54, 1.807) is 31.2 Å². The molecule has 0 fully saturated rings. The Morgan fingerprint density at radius 1 is 1.31 bits per heavy atom. The van der Waals surface area contributed by atoms with Gasteiger partial charge in [-0.15, -0.1) is 0 Å². The second-order valence-corrected chi connectivity index (χ2v) is 6.00. The van der Waals surface area contributed by atoms with Crippen molar-refractivity contribution < 1.29 is 19.1 Å². The number of anilines is 1. The highest BCUT2D eigenvalue weighted by Crippen LogP contribution is 2.31. The summed E-state index contributed by atoms with van der Waals surface area (Å²) in [5.41, 5.74) is 0.848. The van der Waals surface area contributed by atoms with E-state index in [2.05, 4.69) is 5.32 Å². The fourth-order valence-corrected chi connectivity index (χ4v) is 2.34. The quantitative estimate of drug-likeness (QED) is 0.780. The van der Waals surface area contributed by atoms with Gasteiger partial charge in [0.2, 0.25) is 0 Å². The van der Waals surface area contributed by atoms with Gasteiger partial charge in [0.25, 0.3) is 11.5 Å². The SMILES string of the molecule is COc1cc(Cl)c(C)cc1NC(=O)[C@H](C)OC(=O)Cn1ccccc1=O. The van der Waals surface area contributed by atoms with Gasteiger partial charge in [0.15, 0.2) is 6.10 Å². The van der Waals surface area contributed by atoms with Crippen LogP contribution in [0.4, 0.5) is 5.69 Å². The first-order valence-corrected chi connectivity index (χ1v) is 8.19. The zero-order chi connectivity index (χ0) is 19.3. The van der Waals surface area contributed by atoms with Crippen LogP contribution in [0.15, 0.2) is 41.3 Å². The van der Waals surface area contributed by atoms with E-state index in [9.17, 15) is 14.4 Å². The van der Waals surface area contributed by atoms with Crippen molar-refractivity contribution in [2.45, 2.75) is 26.5 Å². The molecule has 0 aliphatic rings. The first-order chi connectivity index (χ1) is 12.3. The van der Waals surface area contributed by atoms with Crippen LogP contribution in [0.3, 0.4) is 0 Å². The molecule has 1 amide bonds. The van der Waals surface area contributed by atoms with Crippen LogP contribution in [0.1, 0.15) is 12.5 Å². The van der Waals surface area contributed by atoms with Gasteiger partial charge in [0.05, 0.1) is 12.8 Å². The minimum absolute atomic E-state index is 0.277. The van der Waals surface area contributed by atoms with Gasteiger partial charge in [-0.1, -0.05) is 17.7 Å². The zero-order valence-corrected chi connectivity index (χ0v) is 15.4. The molecule has 1 aromatic heterocycles. The maximum absolute atomic E-state index is 12.3. The van der Waals surface area contributed by atoms with Crippen LogP contribution in [0, 0.1) is 6.92 Å². The summed E-state index contributed by atoms with van der Waals surface area (Å²) in [7, 11) is 1.46. The lowest BCUT2D eigenvalue weighted by Crippen LogP contribution is -2.32. The van der Waals surface area contributed by atoms with E-state index in [1.165, 1.54) is 30.9 Å². The lowest BCUT2D eigenvalue weighted by molar-refractivity contribution is -0.153. The number of halogens is 1. The molecule has 0 aliphatic heterocycles. The molecular formula is C18H19ClN2O5. The molecule has 0 bridgehead atoms. The summed E-state index contributed by atoms with van der Waals surface area (Å²) in [6, 6.07) is 7.78. The lowest BCUT2D eigenvalue weighted by atomic mass is 10.2. The largest absolute Gasteiger partial charge is 0.495 e. The number of esters is 1. The number of aromatic nitrogens is 1. The van der Waals surface area contributed by atoms with Crippen molar-refractivity contribution in [3.63, 3.8) is 0 Å². The van der Waals surface area contributed by atoms with Gasteiger partial charge in [-0.25, -0.2) is 0 Å². The number of rotatable bonds is 6. The molecule has 0 radical (unpaired) electrons. The van der Waals surface area contributed by atoms with Crippen LogP contribution in [0.5, 0.6) is 5.75 Å². The van der Waals surface area contributed by atoms with Crippen LogP contribution in [0.2, 0.25) is 5.02 Å². The molecule has 0 saturated carbocycles. The number of nitrogens with one attached hydrogen (secondary N) is 1. The van der Waals surface area contributed by atoms with Crippen molar-refractivity contribution >= 4 is 29.2 Å². The Hall–Kier alpha value is -2.80. The number of hydrogen-bond donors (Lipinski definition) is 1. The maximum Gasteiger partial charge on any atom is 0.326 e. The van der Waals surface area contributed by atoms with E-state index in [-0.39, 0.29) is 12.1 Å². The molecule has 138 valence electrons. The van der Waals surface area contributed by atoms with Crippen LogP contribution in [0.25, 0.3) is 0 Å². The van der Waals surface area contributed by atoms with E-state index < -0.39 is 18.0 Å². The Balaban J connectivity index is 2.02. The minimum atomic E-state index is -1.05. The third kappa shape index (κ3) is 4.86. The number of nitrogens with zero attached hydrogens (tertiary/aromatic N) is 1. The van der Waals surface area contributed by atoms with Crippen molar-refractivity contribution in [2.75, 3.05) is 12.4 Å². The summed E-state index contributed by atoms with van der Waals surface area (Å²) in [5, 5.41) is 3.15. The molecule has 1 N–H and O–H groups in total. The standard InChI is InChI=1S/C18H19ClN2O5/c1-11-8-14(15(25-3)9-13(11)19)20-18(24)12(2)26-17(23)10-21-7-5-4-6-16(21)22/h4-9,12H,10H2,1-3H3,(H,20,24)/t12-/m0/s1. The Morgan fingerprint density at radius 2 is 2.04 bits per heavy atom. The highest BCUT2D eigenvalue weighted by Gasteiger charge is 2.20. The average Bonchev–Trinajstić information content (AvgIpc) is 2.59. The van der Waals surface area contributed by atoms with E-state index in [4.69, 9.17) is 21.1 Å². The molecule has 1 aromatic carbocycles. The highest BCUT2D eigenvalue weighted by molar-refractivity contribution is 6.31. The second kappa shape index (κ2) is 8.53. The number of ether oxygens (including phenoxy) is 2. The third-order valence-corrected chi connectivity index (χ3v) is 4.02. The van der Waals surface area contributed by atoms with Crippen LogP contribution >= 0.6 is 11.6 Å². The minimum Gasteiger partial charge on any atom is -0.495 e. The van der Waals surface area contributed by atoms with E-state index in [1.807, 2.05) is 0 Å². The number of carbonyl (C=O) groups is 2. The third-order valence-electron chi connectivity index (χ3n) is 3.61. The fourth-order valence-electron chi connectivity index (χ4n) is 2.18. The number of hydrogen-bond acceptors (Lipinski definition) is 5. The van der Waals surface area contributed by atoms with Crippen LogP contribution < -0.4 is 15.6 Å². The number of carbonyl (C=O) groups excluding carboxylic acids is 2. The molecule has 0 unspecified atom stereocenters. The van der Waals surface area contributed by atoms with Crippen molar-refractivity contribution in [3.05, 3.63) is 57.5 Å². The number of pyridine rings is 1. The van der Waals surface area contributed by atoms with Crippen LogP contribution in [-0.4, -0.2) is 29.7 Å². The average molecular weight is 379 g/mol. The number of methoxy groups -OCH3 is 1. The zero-order valence-electron chi connectivity index (χ0n) is 14.6. The van der Waals surface area contributed by atoms with Gasteiger partial charge < -0.3 is 19.4 Å². The van der Waals surface area contributed by atoms with Crippen molar-refractivity contribution in [2.24, 2.45) is 0 Å². The van der Waals surface area contributed by atoms with Gasteiger partial charge in [0.1, 0.15) is 12.3 Å². The molecule has 2 aromatic rings. The summed E-state index contributed by atoms with van der Waals surface area (Å²) in [6.07, 6.45) is 0.415. The summed E-state index contributed by atoms with van der Waals surface area (Å²) >= 11 is 6.03. The molecule has 1 heterocycles. The molecular weight excluding hydrogens is 360 g/mol. The normalized spacial score (nSPS) is 11.5. The lowest BCUT2D eigenvalue weighted by Gasteiger charge is -2.16. The molecule has 0 aliphatic carbocycles. The van der Waals surface area contributed by atoms with Crippen LogP contribution in [-0.2, 0) is 20.9 Å². The Morgan fingerprint density at radius 3 is 2.69 bits per heavy atom. The van der Waals surface area contributed by atoms with Gasteiger partial charge in [0, 0.05) is 23.4 Å². The van der Waals surface area contributed by atoms with Gasteiger partial charge in [-0.2, -0.15) is 0 Å². The first kappa shape index (κ1) is 19.5. The molecule has 0 spiro atoms. The van der Waals surface area contributed by atoms with E-state index in [0.29, 0.717) is 16.5 Å². The fraction of sp³-hybridized carbons (Fsp3) is 0.278. The summed E-state index contributed by atoms with van der Waals surface area (Å²) in [6.45, 7) is 2.95. The number of benzene rings is 1. The van der Waals surface area contributed by atoms with Crippen molar-refractivity contribution in [1.29, 1.82) is 0 Å². The van der Waals surface area contributed by atoms with Gasteiger partial charge in [-0.05, 0) is 31.5 Å². The van der Waals surface area contributed by atoms with Crippen molar-refractivity contribution in [1.82, 2.24) is 4.57 Å². The Labute approximate surface area is 155 Å². The van der Waals surface area contributed by atoms with Gasteiger partial charge in [-0.3, -0.25) is 14.4 Å². The first-order valence-electron chi connectivity index (χ1n) is 7.81. The number of aryl methyl sites for hydroxylation is 1. The summed E-state index contributed by atoms with van der Waals surface area (Å²) in [4.78, 5) is 35.8. The molecule has 2 rings (SSSR count). The molecule has 1 atom stereocenters. The summed E-state index contributed by atoms with van der Waals surface area (Å²) in [5.74, 6) is -0.831. The maximum atomic E-state index is 12.3. The summed E-state index contributed by atoms with van der Waals surface area (Å²) < 4.78 is 11.5. The van der Waals surface area contributed by atoms with Gasteiger partial charge >= 0.3 is 5.97 Å². The van der Waals surface area contributed by atoms with Crippen molar-refractivity contribution in [3.8, 4) is 5.75 Å². The highest BCUT2D eigenvalue weighted by atomic mass is 35.5. The second-order valence-electron chi connectivity index (χ2n) is 5.59. The molecule has 0 saturated heterocycles. The molecule has 8 heteroatoms. The predicted molar refractivity (Wildman–Crippen MR) is 97.6 cm³/mol. The molecule has 26 heavy (non-hydrogen) atoms. The van der Waals surface area contributed by atoms with E-state index >= 15 is 0 Å². The number of amides is 1.